The van der Waals surface area contributed by atoms with E-state index < -0.39 is 6.10 Å². The standard InChI is InChI=1S/C14H20BrNO2S/c15-12-2-1-3-14(6-12)18-9-13(17)8-16-7-11-4-5-19-10-11/h1-3,6,11,13,16-17H,4-5,7-10H2. The van der Waals surface area contributed by atoms with E-state index in [9.17, 15) is 5.11 Å². The van der Waals surface area contributed by atoms with Crippen LogP contribution in [-0.4, -0.2) is 42.4 Å². The third-order valence-electron chi connectivity index (χ3n) is 3.08. The zero-order chi connectivity index (χ0) is 13.5. The molecule has 1 saturated heterocycles. The highest BCUT2D eigenvalue weighted by atomic mass is 79.9. The van der Waals surface area contributed by atoms with Crippen molar-refractivity contribution in [2.75, 3.05) is 31.2 Å². The molecule has 1 aromatic rings. The van der Waals surface area contributed by atoms with Crippen LogP contribution in [0.3, 0.4) is 0 Å². The predicted molar refractivity (Wildman–Crippen MR) is 83.9 cm³/mol. The Hall–Kier alpha value is -0.230. The summed E-state index contributed by atoms with van der Waals surface area (Å²) in [6.07, 6.45) is 0.829. The van der Waals surface area contributed by atoms with E-state index >= 15 is 0 Å². The molecule has 2 rings (SSSR count). The van der Waals surface area contributed by atoms with Crippen molar-refractivity contribution in [1.82, 2.24) is 5.32 Å². The maximum Gasteiger partial charge on any atom is 0.120 e. The summed E-state index contributed by atoms with van der Waals surface area (Å²) in [4.78, 5) is 0. The number of thioether (sulfide) groups is 1. The fourth-order valence-corrected chi connectivity index (χ4v) is 3.67. The van der Waals surface area contributed by atoms with Crippen LogP contribution in [0.1, 0.15) is 6.42 Å². The largest absolute Gasteiger partial charge is 0.491 e. The predicted octanol–water partition coefficient (Wildman–Crippen LogP) is 2.53. The molecule has 19 heavy (non-hydrogen) atoms. The van der Waals surface area contributed by atoms with Crippen LogP contribution in [0.5, 0.6) is 5.75 Å². The van der Waals surface area contributed by atoms with Crippen LogP contribution in [0.15, 0.2) is 28.7 Å². The van der Waals surface area contributed by atoms with E-state index in [1.807, 2.05) is 36.0 Å². The van der Waals surface area contributed by atoms with Gasteiger partial charge >= 0.3 is 0 Å². The van der Waals surface area contributed by atoms with Gasteiger partial charge in [0.2, 0.25) is 0 Å². The van der Waals surface area contributed by atoms with Crippen molar-refractivity contribution < 1.29 is 9.84 Å². The van der Waals surface area contributed by atoms with Gasteiger partial charge in [0.25, 0.3) is 0 Å². The number of ether oxygens (including phenoxy) is 1. The Morgan fingerprint density at radius 2 is 2.42 bits per heavy atom. The van der Waals surface area contributed by atoms with Crippen LogP contribution in [-0.2, 0) is 0 Å². The molecule has 1 aliphatic rings. The summed E-state index contributed by atoms with van der Waals surface area (Å²) >= 11 is 5.41. The lowest BCUT2D eigenvalue weighted by atomic mass is 10.1. The summed E-state index contributed by atoms with van der Waals surface area (Å²) in [7, 11) is 0. The quantitative estimate of drug-likeness (QED) is 0.796. The van der Waals surface area contributed by atoms with Crippen LogP contribution in [0, 0.1) is 5.92 Å². The molecule has 2 N–H and O–H groups in total. The van der Waals surface area contributed by atoms with Gasteiger partial charge in [0, 0.05) is 11.0 Å². The lowest BCUT2D eigenvalue weighted by Gasteiger charge is -2.15. The van der Waals surface area contributed by atoms with Crippen molar-refractivity contribution in [2.24, 2.45) is 5.92 Å². The average molecular weight is 346 g/mol. The number of hydrogen-bond acceptors (Lipinski definition) is 4. The number of aliphatic hydroxyl groups is 1. The number of hydrogen-bond donors (Lipinski definition) is 2. The Labute approximate surface area is 127 Å². The van der Waals surface area contributed by atoms with Gasteiger partial charge in [-0.15, -0.1) is 0 Å². The molecule has 0 radical (unpaired) electrons. The molecule has 0 aliphatic carbocycles. The van der Waals surface area contributed by atoms with E-state index in [4.69, 9.17) is 4.74 Å². The van der Waals surface area contributed by atoms with Gasteiger partial charge in [-0.1, -0.05) is 22.0 Å². The Kier molecular flexibility index (Phi) is 6.50. The van der Waals surface area contributed by atoms with Gasteiger partial charge in [0.1, 0.15) is 18.5 Å². The third kappa shape index (κ3) is 5.73. The van der Waals surface area contributed by atoms with Gasteiger partial charge in [0.15, 0.2) is 0 Å². The van der Waals surface area contributed by atoms with E-state index in [0.29, 0.717) is 13.2 Å². The van der Waals surface area contributed by atoms with Crippen LogP contribution in [0.25, 0.3) is 0 Å². The van der Waals surface area contributed by atoms with Crippen molar-refractivity contribution in [3.05, 3.63) is 28.7 Å². The molecular weight excluding hydrogens is 326 g/mol. The molecule has 2 atom stereocenters. The van der Waals surface area contributed by atoms with Crippen molar-refractivity contribution >= 4 is 27.7 Å². The Bertz CT molecular complexity index is 385. The molecular formula is C14H20BrNO2S. The first kappa shape index (κ1) is 15.2. The van der Waals surface area contributed by atoms with Crippen molar-refractivity contribution in [3.8, 4) is 5.75 Å². The summed E-state index contributed by atoms with van der Waals surface area (Å²) in [6, 6.07) is 7.66. The smallest absolute Gasteiger partial charge is 0.120 e. The maximum absolute atomic E-state index is 9.85. The van der Waals surface area contributed by atoms with E-state index in [-0.39, 0.29) is 0 Å². The first-order valence-electron chi connectivity index (χ1n) is 6.59. The van der Waals surface area contributed by atoms with Crippen molar-refractivity contribution in [1.29, 1.82) is 0 Å². The molecule has 2 unspecified atom stereocenters. The van der Waals surface area contributed by atoms with Crippen molar-refractivity contribution in [2.45, 2.75) is 12.5 Å². The highest BCUT2D eigenvalue weighted by molar-refractivity contribution is 9.10. The normalized spacial score (nSPS) is 20.4. The molecule has 1 aromatic carbocycles. The Morgan fingerprint density at radius 3 is 3.16 bits per heavy atom. The maximum atomic E-state index is 9.85. The van der Waals surface area contributed by atoms with Gasteiger partial charge in [-0.25, -0.2) is 0 Å². The monoisotopic (exact) mass is 345 g/mol. The van der Waals surface area contributed by atoms with Crippen molar-refractivity contribution in [3.63, 3.8) is 0 Å². The van der Waals surface area contributed by atoms with Crippen LogP contribution >= 0.6 is 27.7 Å². The average Bonchev–Trinajstić information content (AvgIpc) is 2.90. The molecule has 1 fully saturated rings. The van der Waals surface area contributed by atoms with Crippen LogP contribution < -0.4 is 10.1 Å². The highest BCUT2D eigenvalue weighted by Gasteiger charge is 2.15. The molecule has 1 heterocycles. The molecule has 0 amide bonds. The van der Waals surface area contributed by atoms with E-state index in [0.717, 1.165) is 22.7 Å². The lowest BCUT2D eigenvalue weighted by Crippen LogP contribution is -2.34. The number of nitrogens with one attached hydrogen (secondary N) is 1. The number of halogens is 1. The molecule has 0 spiro atoms. The summed E-state index contributed by atoms with van der Waals surface area (Å²) in [5.41, 5.74) is 0. The Morgan fingerprint density at radius 1 is 1.53 bits per heavy atom. The number of rotatable bonds is 7. The zero-order valence-corrected chi connectivity index (χ0v) is 13.3. The second-order valence-corrected chi connectivity index (χ2v) is 6.88. The minimum absolute atomic E-state index is 0.322. The molecule has 1 aliphatic heterocycles. The lowest BCUT2D eigenvalue weighted by molar-refractivity contribution is 0.105. The molecule has 0 bridgehead atoms. The van der Waals surface area contributed by atoms with Gasteiger partial charge in [-0.2, -0.15) is 11.8 Å². The Balaban J connectivity index is 1.60. The fraction of sp³-hybridized carbons (Fsp3) is 0.571. The molecule has 5 heteroatoms. The van der Waals surface area contributed by atoms with E-state index in [2.05, 4.69) is 21.2 Å². The van der Waals surface area contributed by atoms with E-state index in [1.54, 1.807) is 0 Å². The first-order chi connectivity index (χ1) is 9.24. The topological polar surface area (TPSA) is 41.5 Å². The summed E-state index contributed by atoms with van der Waals surface area (Å²) in [6.45, 7) is 1.92. The van der Waals surface area contributed by atoms with Gasteiger partial charge in [-0.3, -0.25) is 0 Å². The zero-order valence-electron chi connectivity index (χ0n) is 10.8. The van der Waals surface area contributed by atoms with Crippen LogP contribution in [0.2, 0.25) is 0 Å². The molecule has 3 nitrogen and oxygen atoms in total. The second-order valence-electron chi connectivity index (χ2n) is 4.81. The summed E-state index contributed by atoms with van der Waals surface area (Å²) in [5, 5.41) is 13.2. The third-order valence-corrected chi connectivity index (χ3v) is 4.80. The second kappa shape index (κ2) is 8.15. The minimum atomic E-state index is -0.465. The molecule has 106 valence electrons. The summed E-state index contributed by atoms with van der Waals surface area (Å²) < 4.78 is 6.53. The fourth-order valence-electron chi connectivity index (χ4n) is 2.01. The molecule has 0 saturated carbocycles. The van der Waals surface area contributed by atoms with E-state index in [1.165, 1.54) is 17.9 Å². The van der Waals surface area contributed by atoms with Gasteiger partial charge in [-0.05, 0) is 48.6 Å². The molecule has 0 aromatic heterocycles. The van der Waals surface area contributed by atoms with Gasteiger partial charge < -0.3 is 15.2 Å². The number of benzene rings is 1. The minimum Gasteiger partial charge on any atom is -0.491 e. The first-order valence-corrected chi connectivity index (χ1v) is 8.53. The van der Waals surface area contributed by atoms with Crippen LogP contribution in [0.4, 0.5) is 0 Å². The highest BCUT2D eigenvalue weighted by Crippen LogP contribution is 2.22. The SMILES string of the molecule is OC(CNCC1CCSC1)COc1cccc(Br)c1. The number of aliphatic hydroxyl groups excluding tert-OH is 1. The summed E-state index contributed by atoms with van der Waals surface area (Å²) in [5.74, 6) is 4.07. The van der Waals surface area contributed by atoms with Gasteiger partial charge in [0.05, 0.1) is 0 Å².